The lowest BCUT2D eigenvalue weighted by Crippen LogP contribution is -2.42. The third-order valence-corrected chi connectivity index (χ3v) is 5.36. The number of aryl methyl sites for hydroxylation is 1. The molecular formula is C12H18BrClN2O2S. The Labute approximate surface area is 131 Å². The number of hydrogen-bond donors (Lipinski definition) is 2. The third-order valence-electron chi connectivity index (χ3n) is 3.05. The van der Waals surface area contributed by atoms with Gasteiger partial charge in [0.05, 0.1) is 11.6 Å². The van der Waals surface area contributed by atoms with Crippen molar-refractivity contribution in [1.82, 2.24) is 10.6 Å². The van der Waals surface area contributed by atoms with Gasteiger partial charge in [0.25, 0.3) is 5.91 Å². The zero-order chi connectivity index (χ0) is 13.1. The Balaban J connectivity index is 0.00000180. The molecule has 1 aromatic rings. The standard InChI is InChI=1S/C12H17BrN2O2S.ClH/c1-7-9(13)10(17-2)11(18-7)12(16)15-8-3-5-14-6-4-8;/h8,14H,3-6H2,1-2H3,(H,15,16);1H. The summed E-state index contributed by atoms with van der Waals surface area (Å²) >= 11 is 4.91. The van der Waals surface area contributed by atoms with Gasteiger partial charge in [-0.1, -0.05) is 0 Å². The van der Waals surface area contributed by atoms with Crippen molar-refractivity contribution in [3.8, 4) is 5.75 Å². The normalized spacial score (nSPS) is 15.7. The van der Waals surface area contributed by atoms with E-state index in [1.165, 1.54) is 11.3 Å². The van der Waals surface area contributed by atoms with E-state index in [4.69, 9.17) is 4.74 Å². The van der Waals surface area contributed by atoms with Crippen molar-refractivity contribution in [3.63, 3.8) is 0 Å². The summed E-state index contributed by atoms with van der Waals surface area (Å²) in [5.74, 6) is 0.612. The molecule has 0 aliphatic carbocycles. The molecule has 1 aliphatic rings. The molecular weight excluding hydrogens is 352 g/mol. The Kier molecular flexibility index (Phi) is 6.59. The first-order valence-corrected chi connectivity index (χ1v) is 7.59. The largest absolute Gasteiger partial charge is 0.494 e. The molecule has 0 aromatic carbocycles. The Morgan fingerprint density at radius 2 is 2.11 bits per heavy atom. The molecule has 2 rings (SSSR count). The van der Waals surface area contributed by atoms with Gasteiger partial charge in [-0.3, -0.25) is 4.79 Å². The van der Waals surface area contributed by atoms with Crippen LogP contribution in [0.15, 0.2) is 4.47 Å². The van der Waals surface area contributed by atoms with Gasteiger partial charge in [-0.15, -0.1) is 23.7 Å². The lowest BCUT2D eigenvalue weighted by atomic mass is 10.1. The highest BCUT2D eigenvalue weighted by molar-refractivity contribution is 9.10. The van der Waals surface area contributed by atoms with Gasteiger partial charge in [-0.2, -0.15) is 0 Å². The van der Waals surface area contributed by atoms with Crippen LogP contribution in [-0.4, -0.2) is 32.1 Å². The number of carbonyl (C=O) groups is 1. The summed E-state index contributed by atoms with van der Waals surface area (Å²) in [6.45, 7) is 3.91. The van der Waals surface area contributed by atoms with Crippen LogP contribution >= 0.6 is 39.7 Å². The predicted molar refractivity (Wildman–Crippen MR) is 83.9 cm³/mol. The summed E-state index contributed by atoms with van der Waals surface area (Å²) in [5, 5.41) is 6.36. The molecule has 0 bridgehead atoms. The average molecular weight is 370 g/mol. The molecule has 108 valence electrons. The Morgan fingerprint density at radius 3 is 2.68 bits per heavy atom. The number of piperidine rings is 1. The summed E-state index contributed by atoms with van der Waals surface area (Å²) < 4.78 is 6.18. The fraction of sp³-hybridized carbons (Fsp3) is 0.583. The minimum atomic E-state index is -0.0300. The van der Waals surface area contributed by atoms with Gasteiger partial charge in [0, 0.05) is 10.9 Å². The van der Waals surface area contributed by atoms with Gasteiger partial charge in [0.2, 0.25) is 0 Å². The van der Waals surface area contributed by atoms with E-state index >= 15 is 0 Å². The summed E-state index contributed by atoms with van der Waals surface area (Å²) in [5.41, 5.74) is 0. The van der Waals surface area contributed by atoms with Crippen LogP contribution in [0.5, 0.6) is 5.75 Å². The topological polar surface area (TPSA) is 50.4 Å². The molecule has 1 saturated heterocycles. The zero-order valence-electron chi connectivity index (χ0n) is 10.9. The lowest BCUT2D eigenvalue weighted by molar-refractivity contribution is 0.0931. The van der Waals surface area contributed by atoms with Crippen molar-refractivity contribution < 1.29 is 9.53 Å². The van der Waals surface area contributed by atoms with Gasteiger partial charge < -0.3 is 15.4 Å². The van der Waals surface area contributed by atoms with Crippen molar-refractivity contribution >= 4 is 45.6 Å². The first-order chi connectivity index (χ1) is 8.63. The molecule has 2 heterocycles. The minimum Gasteiger partial charge on any atom is -0.494 e. The number of halogens is 2. The quantitative estimate of drug-likeness (QED) is 0.861. The predicted octanol–water partition coefficient (Wildman–Crippen LogP) is 2.73. The van der Waals surface area contributed by atoms with Crippen LogP contribution in [-0.2, 0) is 0 Å². The van der Waals surface area contributed by atoms with Crippen LogP contribution in [0.4, 0.5) is 0 Å². The maximum Gasteiger partial charge on any atom is 0.265 e. The maximum absolute atomic E-state index is 12.2. The number of ether oxygens (including phenoxy) is 1. The fourth-order valence-electron chi connectivity index (χ4n) is 2.05. The van der Waals surface area contributed by atoms with Crippen LogP contribution in [0, 0.1) is 6.92 Å². The van der Waals surface area contributed by atoms with Crippen LogP contribution in [0.1, 0.15) is 27.4 Å². The maximum atomic E-state index is 12.2. The van der Waals surface area contributed by atoms with E-state index < -0.39 is 0 Å². The molecule has 1 fully saturated rings. The van der Waals surface area contributed by atoms with Crippen LogP contribution in [0.3, 0.4) is 0 Å². The van der Waals surface area contributed by atoms with Gasteiger partial charge in [0.1, 0.15) is 4.88 Å². The van der Waals surface area contributed by atoms with Crippen molar-refractivity contribution in [1.29, 1.82) is 0 Å². The second-order valence-electron chi connectivity index (χ2n) is 4.33. The van der Waals surface area contributed by atoms with E-state index in [1.807, 2.05) is 6.92 Å². The number of methoxy groups -OCH3 is 1. The minimum absolute atomic E-state index is 0. The molecule has 2 N–H and O–H groups in total. The SMILES string of the molecule is COc1c(C(=O)NC2CCNCC2)sc(C)c1Br.Cl. The Morgan fingerprint density at radius 1 is 1.47 bits per heavy atom. The summed E-state index contributed by atoms with van der Waals surface area (Å²) in [4.78, 5) is 13.9. The summed E-state index contributed by atoms with van der Waals surface area (Å²) in [7, 11) is 1.59. The van der Waals surface area contributed by atoms with E-state index in [0.717, 1.165) is 35.3 Å². The number of nitrogens with one attached hydrogen (secondary N) is 2. The van der Waals surface area contributed by atoms with Crippen molar-refractivity contribution in [3.05, 3.63) is 14.2 Å². The van der Waals surface area contributed by atoms with Gasteiger partial charge in [0.15, 0.2) is 5.75 Å². The third kappa shape index (κ3) is 3.84. The first-order valence-electron chi connectivity index (χ1n) is 5.98. The smallest absolute Gasteiger partial charge is 0.265 e. The van der Waals surface area contributed by atoms with Crippen molar-refractivity contribution in [2.75, 3.05) is 20.2 Å². The molecule has 1 aromatic heterocycles. The number of rotatable bonds is 3. The van der Waals surface area contributed by atoms with Gasteiger partial charge in [-0.05, 0) is 48.8 Å². The summed E-state index contributed by atoms with van der Waals surface area (Å²) in [6.07, 6.45) is 1.97. The molecule has 0 unspecified atom stereocenters. The molecule has 1 aliphatic heterocycles. The Hall–Kier alpha value is -0.300. The van der Waals surface area contributed by atoms with E-state index in [1.54, 1.807) is 7.11 Å². The second-order valence-corrected chi connectivity index (χ2v) is 6.35. The highest BCUT2D eigenvalue weighted by Crippen LogP contribution is 2.39. The molecule has 0 saturated carbocycles. The monoisotopic (exact) mass is 368 g/mol. The van der Waals surface area contributed by atoms with Crippen LogP contribution in [0.2, 0.25) is 0 Å². The first kappa shape index (κ1) is 16.8. The number of amides is 1. The second kappa shape index (κ2) is 7.47. The zero-order valence-corrected chi connectivity index (χ0v) is 14.1. The molecule has 0 radical (unpaired) electrons. The highest BCUT2D eigenvalue weighted by atomic mass is 79.9. The number of hydrogen-bond acceptors (Lipinski definition) is 4. The molecule has 7 heteroatoms. The molecule has 4 nitrogen and oxygen atoms in total. The van der Waals surface area contributed by atoms with Crippen molar-refractivity contribution in [2.24, 2.45) is 0 Å². The summed E-state index contributed by atoms with van der Waals surface area (Å²) in [6, 6.07) is 0.268. The number of carbonyl (C=O) groups excluding carboxylic acids is 1. The average Bonchev–Trinajstić information content (AvgIpc) is 2.67. The van der Waals surface area contributed by atoms with Crippen molar-refractivity contribution in [2.45, 2.75) is 25.8 Å². The van der Waals surface area contributed by atoms with E-state index in [-0.39, 0.29) is 24.4 Å². The Bertz CT molecular complexity index is 447. The molecule has 19 heavy (non-hydrogen) atoms. The fourth-order valence-corrected chi connectivity index (χ4v) is 3.71. The molecule has 0 atom stereocenters. The van der Waals surface area contributed by atoms with Crippen LogP contribution < -0.4 is 15.4 Å². The van der Waals surface area contributed by atoms with E-state index in [2.05, 4.69) is 26.6 Å². The van der Waals surface area contributed by atoms with Gasteiger partial charge >= 0.3 is 0 Å². The van der Waals surface area contributed by atoms with E-state index in [0.29, 0.717) is 10.6 Å². The highest BCUT2D eigenvalue weighted by Gasteiger charge is 2.23. The number of thiophene rings is 1. The van der Waals surface area contributed by atoms with E-state index in [9.17, 15) is 4.79 Å². The molecule has 1 amide bonds. The molecule has 0 spiro atoms. The van der Waals surface area contributed by atoms with Crippen LogP contribution in [0.25, 0.3) is 0 Å². The van der Waals surface area contributed by atoms with Gasteiger partial charge in [-0.25, -0.2) is 0 Å². The lowest BCUT2D eigenvalue weighted by Gasteiger charge is -2.23.